The molecule has 0 spiro atoms. The van der Waals surface area contributed by atoms with Gasteiger partial charge in [-0.2, -0.15) is 18.8 Å². The molecule has 1 N–H and O–H groups in total. The predicted octanol–water partition coefficient (Wildman–Crippen LogP) is 3.47. The SMILES string of the molecule is COc1ccc(S(=O)(=O)N/N=C\c2ccc(OC)c(COc3ccc(C#N)cc3)c2)cc1. The van der Waals surface area contributed by atoms with Crippen molar-refractivity contribution in [2.45, 2.75) is 11.5 Å². The Balaban J connectivity index is 1.69. The average Bonchev–Trinajstić information content (AvgIpc) is 2.83. The van der Waals surface area contributed by atoms with E-state index < -0.39 is 10.0 Å². The third-order valence-corrected chi connectivity index (χ3v) is 5.68. The van der Waals surface area contributed by atoms with Gasteiger partial charge in [-0.3, -0.25) is 0 Å². The van der Waals surface area contributed by atoms with Crippen molar-refractivity contribution in [1.29, 1.82) is 5.26 Å². The fourth-order valence-corrected chi connectivity index (χ4v) is 3.55. The van der Waals surface area contributed by atoms with Crippen LogP contribution in [0.15, 0.2) is 76.7 Å². The van der Waals surface area contributed by atoms with Crippen molar-refractivity contribution in [1.82, 2.24) is 4.83 Å². The van der Waals surface area contributed by atoms with E-state index >= 15 is 0 Å². The average molecular weight is 452 g/mol. The summed E-state index contributed by atoms with van der Waals surface area (Å²) in [6, 6.07) is 20.1. The van der Waals surface area contributed by atoms with E-state index in [0.717, 1.165) is 5.56 Å². The van der Waals surface area contributed by atoms with Crippen molar-refractivity contribution < 1.29 is 22.6 Å². The van der Waals surface area contributed by atoms with Crippen LogP contribution in [-0.2, 0) is 16.6 Å². The number of ether oxygens (including phenoxy) is 3. The second-order valence-corrected chi connectivity index (χ2v) is 8.19. The molecule has 0 bridgehead atoms. The van der Waals surface area contributed by atoms with Gasteiger partial charge in [-0.25, -0.2) is 4.83 Å². The number of hydrazone groups is 1. The highest BCUT2D eigenvalue weighted by molar-refractivity contribution is 7.89. The number of nitrogens with zero attached hydrogens (tertiary/aromatic N) is 2. The van der Waals surface area contributed by atoms with E-state index in [-0.39, 0.29) is 11.5 Å². The van der Waals surface area contributed by atoms with Gasteiger partial charge in [0.1, 0.15) is 23.9 Å². The van der Waals surface area contributed by atoms with Gasteiger partial charge in [0.05, 0.1) is 37.0 Å². The van der Waals surface area contributed by atoms with Crippen molar-refractivity contribution in [3.63, 3.8) is 0 Å². The van der Waals surface area contributed by atoms with E-state index in [1.807, 2.05) is 0 Å². The summed E-state index contributed by atoms with van der Waals surface area (Å²) in [6.07, 6.45) is 1.39. The summed E-state index contributed by atoms with van der Waals surface area (Å²) in [5, 5.41) is 12.7. The van der Waals surface area contributed by atoms with Crippen LogP contribution in [0.25, 0.3) is 0 Å². The number of benzene rings is 3. The van der Waals surface area contributed by atoms with Gasteiger partial charge in [0.25, 0.3) is 10.0 Å². The summed E-state index contributed by atoms with van der Waals surface area (Å²) in [7, 11) is -0.749. The molecule has 0 unspecified atom stereocenters. The molecule has 0 amide bonds. The molecule has 3 aromatic rings. The Labute approximate surface area is 186 Å². The number of rotatable bonds is 9. The van der Waals surface area contributed by atoms with Crippen molar-refractivity contribution in [3.05, 3.63) is 83.4 Å². The third kappa shape index (κ3) is 5.77. The van der Waals surface area contributed by atoms with E-state index in [9.17, 15) is 8.42 Å². The van der Waals surface area contributed by atoms with Crippen LogP contribution in [-0.4, -0.2) is 28.9 Å². The first kappa shape index (κ1) is 22.7. The molecule has 0 heterocycles. The molecule has 3 rings (SSSR count). The zero-order valence-corrected chi connectivity index (χ0v) is 18.3. The quantitative estimate of drug-likeness (QED) is 0.394. The molecule has 0 atom stereocenters. The Morgan fingerprint density at radius 2 is 1.66 bits per heavy atom. The number of nitriles is 1. The molecule has 0 aliphatic rings. The summed E-state index contributed by atoms with van der Waals surface area (Å²) >= 11 is 0. The van der Waals surface area contributed by atoms with Gasteiger partial charge in [0.2, 0.25) is 0 Å². The Morgan fingerprint density at radius 1 is 0.969 bits per heavy atom. The Kier molecular flexibility index (Phi) is 7.31. The standard InChI is InChI=1S/C23H21N3O5S/c1-29-20-8-10-22(11-9-20)32(27,28)26-25-15-18-5-12-23(30-2)19(13-18)16-31-21-6-3-17(14-24)4-7-21/h3-13,15,26H,16H2,1-2H3/b25-15-. The van der Waals surface area contributed by atoms with E-state index in [4.69, 9.17) is 19.5 Å². The van der Waals surface area contributed by atoms with Gasteiger partial charge in [-0.15, -0.1) is 0 Å². The second kappa shape index (κ2) is 10.3. The van der Waals surface area contributed by atoms with E-state index in [2.05, 4.69) is 16.0 Å². The molecule has 9 heteroatoms. The summed E-state index contributed by atoms with van der Waals surface area (Å²) < 4.78 is 40.9. The molecule has 0 radical (unpaired) electrons. The van der Waals surface area contributed by atoms with Gasteiger partial charge in [0.15, 0.2) is 0 Å². The van der Waals surface area contributed by atoms with Gasteiger partial charge in [-0.05, 0) is 72.3 Å². The number of nitrogens with one attached hydrogen (secondary N) is 1. The minimum atomic E-state index is -3.81. The lowest BCUT2D eigenvalue weighted by Crippen LogP contribution is -2.18. The molecular formula is C23H21N3O5S. The molecule has 0 saturated heterocycles. The minimum Gasteiger partial charge on any atom is -0.497 e. The monoisotopic (exact) mass is 451 g/mol. The maximum Gasteiger partial charge on any atom is 0.276 e. The second-order valence-electron chi connectivity index (χ2n) is 6.52. The van der Waals surface area contributed by atoms with Gasteiger partial charge in [0, 0.05) is 5.56 Å². The zero-order chi connectivity index (χ0) is 23.0. The summed E-state index contributed by atoms with van der Waals surface area (Å²) in [4.78, 5) is 2.26. The Morgan fingerprint density at radius 3 is 2.28 bits per heavy atom. The fraction of sp³-hybridized carbons (Fsp3) is 0.130. The number of hydrogen-bond acceptors (Lipinski definition) is 7. The largest absolute Gasteiger partial charge is 0.497 e. The maximum absolute atomic E-state index is 12.4. The van der Waals surface area contributed by atoms with E-state index in [1.165, 1.54) is 25.5 Å². The van der Waals surface area contributed by atoms with Crippen molar-refractivity contribution >= 4 is 16.2 Å². The van der Waals surface area contributed by atoms with Crippen LogP contribution in [0.2, 0.25) is 0 Å². The molecule has 8 nitrogen and oxygen atoms in total. The molecular weight excluding hydrogens is 430 g/mol. The molecule has 0 saturated carbocycles. The lowest BCUT2D eigenvalue weighted by molar-refractivity contribution is 0.296. The first-order valence-corrected chi connectivity index (χ1v) is 10.9. The van der Waals surface area contributed by atoms with Crippen LogP contribution >= 0.6 is 0 Å². The summed E-state index contributed by atoms with van der Waals surface area (Å²) in [5.74, 6) is 1.79. The van der Waals surface area contributed by atoms with Crippen molar-refractivity contribution in [2.75, 3.05) is 14.2 Å². The molecule has 164 valence electrons. The molecule has 3 aromatic carbocycles. The van der Waals surface area contributed by atoms with Gasteiger partial charge >= 0.3 is 0 Å². The molecule has 0 fully saturated rings. The molecule has 32 heavy (non-hydrogen) atoms. The first-order valence-electron chi connectivity index (χ1n) is 9.44. The van der Waals surface area contributed by atoms with Crippen LogP contribution in [0.5, 0.6) is 17.2 Å². The Hall–Kier alpha value is -4.03. The number of sulfonamides is 1. The zero-order valence-electron chi connectivity index (χ0n) is 17.5. The van der Waals surface area contributed by atoms with Crippen molar-refractivity contribution in [2.24, 2.45) is 5.10 Å². The van der Waals surface area contributed by atoms with Crippen LogP contribution in [0.1, 0.15) is 16.7 Å². The number of hydrogen-bond donors (Lipinski definition) is 1. The normalized spacial score (nSPS) is 11.0. The van der Waals surface area contributed by atoms with Crippen LogP contribution in [0.4, 0.5) is 0 Å². The number of methoxy groups -OCH3 is 2. The van der Waals surface area contributed by atoms with Crippen LogP contribution < -0.4 is 19.0 Å². The maximum atomic E-state index is 12.4. The summed E-state index contributed by atoms with van der Waals surface area (Å²) in [6.45, 7) is 0.217. The Bertz CT molecular complexity index is 1230. The fourth-order valence-electron chi connectivity index (χ4n) is 2.76. The van der Waals surface area contributed by atoms with Crippen molar-refractivity contribution in [3.8, 4) is 23.3 Å². The van der Waals surface area contributed by atoms with Gasteiger partial charge in [-0.1, -0.05) is 0 Å². The van der Waals surface area contributed by atoms with Crippen LogP contribution in [0, 0.1) is 11.3 Å². The molecule has 0 aliphatic carbocycles. The molecule has 0 aromatic heterocycles. The first-order chi connectivity index (χ1) is 15.4. The lowest BCUT2D eigenvalue weighted by Gasteiger charge is -2.11. The highest BCUT2D eigenvalue weighted by Gasteiger charge is 2.12. The lowest BCUT2D eigenvalue weighted by atomic mass is 10.1. The highest BCUT2D eigenvalue weighted by atomic mass is 32.2. The smallest absolute Gasteiger partial charge is 0.276 e. The van der Waals surface area contributed by atoms with E-state index in [0.29, 0.717) is 28.4 Å². The van der Waals surface area contributed by atoms with Gasteiger partial charge < -0.3 is 14.2 Å². The minimum absolute atomic E-state index is 0.0710. The molecule has 0 aliphatic heterocycles. The highest BCUT2D eigenvalue weighted by Crippen LogP contribution is 2.22. The topological polar surface area (TPSA) is 110 Å². The third-order valence-electron chi connectivity index (χ3n) is 4.44. The van der Waals surface area contributed by atoms with E-state index in [1.54, 1.807) is 61.7 Å². The summed E-state index contributed by atoms with van der Waals surface area (Å²) in [5.41, 5.74) is 1.95. The van der Waals surface area contributed by atoms with Crippen LogP contribution in [0.3, 0.4) is 0 Å². The predicted molar refractivity (Wildman–Crippen MR) is 119 cm³/mol.